The summed E-state index contributed by atoms with van der Waals surface area (Å²) in [5, 5.41) is 19.9. The number of carbonyl (C=O) groups excluding carboxylic acids is 1. The number of nitrogens with one attached hydrogen (secondary N) is 2. The number of amides is 1. The lowest BCUT2D eigenvalue weighted by molar-refractivity contribution is 0.0945. The molecule has 2 aromatic rings. The number of aromatic nitrogens is 2. The van der Waals surface area contributed by atoms with Crippen molar-refractivity contribution in [3.63, 3.8) is 0 Å². The molecule has 25 heavy (non-hydrogen) atoms. The van der Waals surface area contributed by atoms with Crippen molar-refractivity contribution < 1.29 is 9.90 Å². The highest BCUT2D eigenvalue weighted by Gasteiger charge is 2.23. The Kier molecular flexibility index (Phi) is 4.55. The fourth-order valence-corrected chi connectivity index (χ4v) is 3.85. The van der Waals surface area contributed by atoms with E-state index in [2.05, 4.69) is 32.5 Å². The van der Waals surface area contributed by atoms with Gasteiger partial charge in [-0.3, -0.25) is 14.8 Å². The van der Waals surface area contributed by atoms with Crippen LogP contribution >= 0.6 is 0 Å². The van der Waals surface area contributed by atoms with Crippen LogP contribution in [0.15, 0.2) is 24.3 Å². The molecule has 132 valence electrons. The highest BCUT2D eigenvalue weighted by Crippen LogP contribution is 2.23. The number of aliphatic hydroxyl groups is 1. The lowest BCUT2D eigenvalue weighted by atomic mass is 10.1. The smallest absolute Gasteiger partial charge is 0.272 e. The van der Waals surface area contributed by atoms with Crippen molar-refractivity contribution in [1.82, 2.24) is 20.4 Å². The normalized spacial score (nSPS) is 20.0. The summed E-state index contributed by atoms with van der Waals surface area (Å²) in [5.74, 6) is -0.106. The van der Waals surface area contributed by atoms with Gasteiger partial charge in [-0.1, -0.05) is 24.3 Å². The summed E-state index contributed by atoms with van der Waals surface area (Å²) in [6.45, 7) is 2.94. The van der Waals surface area contributed by atoms with Gasteiger partial charge < -0.3 is 10.4 Å². The van der Waals surface area contributed by atoms with Gasteiger partial charge in [0.05, 0.1) is 6.10 Å². The number of β-amino-alcohol motifs (C(OH)–C–C–N with tert-alkyl or cyclic N) is 1. The maximum Gasteiger partial charge on any atom is 0.272 e. The Morgan fingerprint density at radius 3 is 2.96 bits per heavy atom. The molecule has 0 spiro atoms. The molecule has 6 heteroatoms. The second kappa shape index (κ2) is 6.98. The number of rotatable bonds is 5. The molecule has 3 N–H and O–H groups in total. The number of carbonyl (C=O) groups is 1. The second-order valence-corrected chi connectivity index (χ2v) is 7.01. The van der Waals surface area contributed by atoms with Crippen molar-refractivity contribution in [3.05, 3.63) is 52.3 Å². The molecule has 0 radical (unpaired) electrons. The number of aryl methyl sites for hydroxylation is 1. The molecule has 1 aliphatic carbocycles. The van der Waals surface area contributed by atoms with Crippen LogP contribution < -0.4 is 5.32 Å². The predicted molar refractivity (Wildman–Crippen MR) is 94.1 cm³/mol. The molecule has 4 rings (SSSR count). The van der Waals surface area contributed by atoms with E-state index in [1.807, 2.05) is 12.1 Å². The zero-order valence-corrected chi connectivity index (χ0v) is 14.3. The minimum atomic E-state index is -0.214. The first kappa shape index (κ1) is 16.3. The quantitative estimate of drug-likeness (QED) is 0.768. The molecular weight excluding hydrogens is 316 g/mol. The molecule has 2 aliphatic rings. The third-order valence-electron chi connectivity index (χ3n) is 5.22. The zero-order valence-electron chi connectivity index (χ0n) is 14.3. The van der Waals surface area contributed by atoms with Gasteiger partial charge in [-0.2, -0.15) is 5.10 Å². The van der Waals surface area contributed by atoms with Crippen molar-refractivity contribution >= 4 is 5.91 Å². The monoisotopic (exact) mass is 340 g/mol. The fourth-order valence-electron chi connectivity index (χ4n) is 3.85. The van der Waals surface area contributed by atoms with Crippen molar-refractivity contribution in [2.75, 3.05) is 13.1 Å². The molecule has 1 fully saturated rings. The van der Waals surface area contributed by atoms with Crippen LogP contribution in [-0.2, 0) is 25.9 Å². The SMILES string of the molecule is O=C(NCc1ccccc1CN1CCC(O)C1)c1n[nH]c2c1CCC2. The van der Waals surface area contributed by atoms with Gasteiger partial charge in [-0.25, -0.2) is 0 Å². The first-order valence-electron chi connectivity index (χ1n) is 9.02. The maximum atomic E-state index is 12.5. The highest BCUT2D eigenvalue weighted by atomic mass is 16.3. The highest BCUT2D eigenvalue weighted by molar-refractivity contribution is 5.94. The number of nitrogens with zero attached hydrogens (tertiary/aromatic N) is 2. The number of fused-ring (bicyclic) bond motifs is 1. The Hall–Kier alpha value is -2.18. The summed E-state index contributed by atoms with van der Waals surface area (Å²) in [7, 11) is 0. The van der Waals surface area contributed by atoms with E-state index in [1.54, 1.807) is 0 Å². The molecule has 1 atom stereocenters. The number of likely N-dealkylation sites (tertiary alicyclic amines) is 1. The molecule has 1 aliphatic heterocycles. The predicted octanol–water partition coefficient (Wildman–Crippen LogP) is 1.39. The van der Waals surface area contributed by atoms with Crippen LogP contribution in [0, 0.1) is 0 Å². The first-order chi connectivity index (χ1) is 12.2. The van der Waals surface area contributed by atoms with E-state index in [9.17, 15) is 9.90 Å². The number of benzene rings is 1. The molecule has 6 nitrogen and oxygen atoms in total. The Bertz CT molecular complexity index is 771. The van der Waals surface area contributed by atoms with Gasteiger partial charge in [0.2, 0.25) is 0 Å². The van der Waals surface area contributed by atoms with E-state index in [0.717, 1.165) is 62.1 Å². The second-order valence-electron chi connectivity index (χ2n) is 7.01. The molecule has 1 saturated heterocycles. The molecule has 0 bridgehead atoms. The summed E-state index contributed by atoms with van der Waals surface area (Å²) in [6, 6.07) is 8.17. The van der Waals surface area contributed by atoms with Crippen molar-refractivity contribution in [1.29, 1.82) is 0 Å². The van der Waals surface area contributed by atoms with Crippen LogP contribution in [-0.4, -0.2) is 45.3 Å². The average Bonchev–Trinajstić information content (AvgIpc) is 3.31. The summed E-state index contributed by atoms with van der Waals surface area (Å²) >= 11 is 0. The number of hydrogen-bond acceptors (Lipinski definition) is 4. The zero-order chi connectivity index (χ0) is 17.2. The van der Waals surface area contributed by atoms with E-state index in [-0.39, 0.29) is 12.0 Å². The van der Waals surface area contributed by atoms with Crippen LogP contribution in [0.3, 0.4) is 0 Å². The largest absolute Gasteiger partial charge is 0.392 e. The number of aromatic amines is 1. The number of H-pyrrole nitrogens is 1. The molecule has 1 aromatic heterocycles. The van der Waals surface area contributed by atoms with E-state index in [1.165, 1.54) is 5.56 Å². The lowest BCUT2D eigenvalue weighted by Crippen LogP contribution is -2.26. The van der Waals surface area contributed by atoms with E-state index in [4.69, 9.17) is 0 Å². The van der Waals surface area contributed by atoms with Crippen molar-refractivity contribution in [3.8, 4) is 0 Å². The van der Waals surface area contributed by atoms with Crippen LogP contribution in [0.5, 0.6) is 0 Å². The van der Waals surface area contributed by atoms with Crippen LogP contribution in [0.2, 0.25) is 0 Å². The number of hydrogen-bond donors (Lipinski definition) is 3. The van der Waals surface area contributed by atoms with Crippen LogP contribution in [0.25, 0.3) is 0 Å². The standard InChI is InChI=1S/C19H24N4O2/c24-15-8-9-23(12-15)11-14-5-2-1-4-13(14)10-20-19(25)18-16-6-3-7-17(16)21-22-18/h1-2,4-5,15,24H,3,6-12H2,(H,20,25)(H,21,22). The third kappa shape index (κ3) is 3.45. The van der Waals surface area contributed by atoms with Gasteiger partial charge in [0, 0.05) is 37.4 Å². The van der Waals surface area contributed by atoms with E-state index >= 15 is 0 Å². The number of aliphatic hydroxyl groups excluding tert-OH is 1. The summed E-state index contributed by atoms with van der Waals surface area (Å²) in [5.41, 5.74) is 5.05. The van der Waals surface area contributed by atoms with Gasteiger partial charge in [-0.15, -0.1) is 0 Å². The summed E-state index contributed by atoms with van der Waals surface area (Å²) < 4.78 is 0. The van der Waals surface area contributed by atoms with Crippen molar-refractivity contribution in [2.45, 2.75) is 44.9 Å². The Balaban J connectivity index is 1.41. The summed E-state index contributed by atoms with van der Waals surface area (Å²) in [4.78, 5) is 14.8. The molecule has 1 unspecified atom stereocenters. The molecule has 1 aromatic carbocycles. The van der Waals surface area contributed by atoms with Crippen LogP contribution in [0.4, 0.5) is 0 Å². The minimum absolute atomic E-state index is 0.106. The Morgan fingerprint density at radius 2 is 2.16 bits per heavy atom. The maximum absolute atomic E-state index is 12.5. The third-order valence-corrected chi connectivity index (χ3v) is 5.22. The Morgan fingerprint density at radius 1 is 1.32 bits per heavy atom. The molecular formula is C19H24N4O2. The fraction of sp³-hybridized carbons (Fsp3) is 0.474. The first-order valence-corrected chi connectivity index (χ1v) is 9.02. The van der Waals surface area contributed by atoms with Gasteiger partial charge in [0.15, 0.2) is 5.69 Å². The van der Waals surface area contributed by atoms with Gasteiger partial charge >= 0.3 is 0 Å². The Labute approximate surface area is 147 Å². The van der Waals surface area contributed by atoms with Gasteiger partial charge in [0.1, 0.15) is 0 Å². The topological polar surface area (TPSA) is 81.2 Å². The van der Waals surface area contributed by atoms with Crippen molar-refractivity contribution in [2.24, 2.45) is 0 Å². The minimum Gasteiger partial charge on any atom is -0.392 e. The van der Waals surface area contributed by atoms with Crippen LogP contribution in [0.1, 0.15) is 45.7 Å². The lowest BCUT2D eigenvalue weighted by Gasteiger charge is -2.18. The molecule has 0 saturated carbocycles. The molecule has 1 amide bonds. The molecule has 2 heterocycles. The van der Waals surface area contributed by atoms with Gasteiger partial charge in [0.25, 0.3) is 5.91 Å². The average molecular weight is 340 g/mol. The summed E-state index contributed by atoms with van der Waals surface area (Å²) in [6.07, 6.45) is 3.63. The van der Waals surface area contributed by atoms with E-state index < -0.39 is 0 Å². The van der Waals surface area contributed by atoms with E-state index in [0.29, 0.717) is 12.2 Å². The van der Waals surface area contributed by atoms with Gasteiger partial charge in [-0.05, 0) is 36.8 Å².